The molecular weight excluding hydrogens is 452 g/mol. The molecule has 1 aliphatic carbocycles. The number of amides is 3. The zero-order valence-electron chi connectivity index (χ0n) is 20.3. The molecule has 192 valence electrons. The standard InChI is InChI=1S/C23H36N8O4/c1-28-10-12-29(13-11-28)23-24-8-7-20(27-23)26-21(33)19-6-9-25-31(19)22(34)18(15-30(35)16-32)14-17-4-2-3-5-17/h7-8,16-19,25,35H,2-6,9-15H2,1H3,(H,24,26,27,33). The quantitative estimate of drug-likeness (QED) is 0.255. The molecule has 12 nitrogen and oxygen atoms in total. The summed E-state index contributed by atoms with van der Waals surface area (Å²) in [5.74, 6) is 0.147. The van der Waals surface area contributed by atoms with Gasteiger partial charge in [0.15, 0.2) is 0 Å². The van der Waals surface area contributed by atoms with Crippen LogP contribution >= 0.6 is 0 Å². The van der Waals surface area contributed by atoms with Gasteiger partial charge in [-0.25, -0.2) is 15.5 Å². The van der Waals surface area contributed by atoms with Gasteiger partial charge in [-0.05, 0) is 31.9 Å². The van der Waals surface area contributed by atoms with E-state index in [1.165, 1.54) is 5.01 Å². The Labute approximate surface area is 205 Å². The average molecular weight is 489 g/mol. The first-order chi connectivity index (χ1) is 16.9. The van der Waals surface area contributed by atoms with Crippen LogP contribution in [0.1, 0.15) is 38.5 Å². The largest absolute Gasteiger partial charge is 0.338 e. The van der Waals surface area contributed by atoms with Crippen LogP contribution in [-0.2, 0) is 14.4 Å². The molecule has 2 unspecified atom stereocenters. The number of hydrazine groups is 1. The molecule has 2 saturated heterocycles. The number of hydrogen-bond acceptors (Lipinski definition) is 9. The fourth-order valence-corrected chi connectivity index (χ4v) is 5.19. The molecule has 3 amide bonds. The lowest BCUT2D eigenvalue weighted by atomic mass is 9.92. The van der Waals surface area contributed by atoms with E-state index in [0.717, 1.165) is 51.9 Å². The summed E-state index contributed by atoms with van der Waals surface area (Å²) in [7, 11) is 2.08. The summed E-state index contributed by atoms with van der Waals surface area (Å²) >= 11 is 0. The van der Waals surface area contributed by atoms with Crippen LogP contribution in [0, 0.1) is 11.8 Å². The molecule has 3 N–H and O–H groups in total. The van der Waals surface area contributed by atoms with Crippen LogP contribution in [0.15, 0.2) is 12.3 Å². The van der Waals surface area contributed by atoms with E-state index in [1.54, 1.807) is 12.3 Å². The Morgan fingerprint density at radius 2 is 2.00 bits per heavy atom. The van der Waals surface area contributed by atoms with Crippen molar-refractivity contribution in [3.8, 4) is 0 Å². The highest BCUT2D eigenvalue weighted by Crippen LogP contribution is 2.31. The maximum Gasteiger partial charge on any atom is 0.250 e. The van der Waals surface area contributed by atoms with Crippen molar-refractivity contribution >= 4 is 30.0 Å². The summed E-state index contributed by atoms with van der Waals surface area (Å²) < 4.78 is 0. The van der Waals surface area contributed by atoms with Gasteiger partial charge in [0.25, 0.3) is 0 Å². The second-order valence-corrected chi connectivity index (χ2v) is 9.75. The third-order valence-corrected chi connectivity index (χ3v) is 7.20. The monoisotopic (exact) mass is 488 g/mol. The third kappa shape index (κ3) is 6.44. The highest BCUT2D eigenvalue weighted by atomic mass is 16.5. The van der Waals surface area contributed by atoms with E-state index < -0.39 is 12.0 Å². The summed E-state index contributed by atoms with van der Waals surface area (Å²) in [6, 6.07) is 0.932. The molecule has 3 heterocycles. The molecule has 1 saturated carbocycles. The summed E-state index contributed by atoms with van der Waals surface area (Å²) in [5.41, 5.74) is 3.03. The number of hydrogen-bond donors (Lipinski definition) is 3. The van der Waals surface area contributed by atoms with E-state index in [1.807, 2.05) is 0 Å². The Bertz CT molecular complexity index is 888. The minimum absolute atomic E-state index is 0.0916. The van der Waals surface area contributed by atoms with E-state index in [-0.39, 0.29) is 18.4 Å². The maximum atomic E-state index is 13.4. The number of nitrogens with one attached hydrogen (secondary N) is 2. The average Bonchev–Trinajstić information content (AvgIpc) is 3.56. The molecule has 0 spiro atoms. The van der Waals surface area contributed by atoms with Crippen molar-refractivity contribution < 1.29 is 19.6 Å². The lowest BCUT2D eigenvalue weighted by molar-refractivity contribution is -0.159. The van der Waals surface area contributed by atoms with Gasteiger partial charge in [-0.15, -0.1) is 0 Å². The van der Waals surface area contributed by atoms with Crippen LogP contribution in [0.25, 0.3) is 0 Å². The van der Waals surface area contributed by atoms with Crippen molar-refractivity contribution in [3.05, 3.63) is 12.3 Å². The Morgan fingerprint density at radius 3 is 2.71 bits per heavy atom. The molecule has 12 heteroatoms. The molecule has 3 aliphatic rings. The van der Waals surface area contributed by atoms with Gasteiger partial charge >= 0.3 is 0 Å². The number of nitrogens with zero attached hydrogens (tertiary/aromatic N) is 6. The van der Waals surface area contributed by atoms with Gasteiger partial charge in [-0.2, -0.15) is 4.98 Å². The fourth-order valence-electron chi connectivity index (χ4n) is 5.19. The normalized spacial score (nSPS) is 22.3. The first-order valence-electron chi connectivity index (χ1n) is 12.5. The maximum absolute atomic E-state index is 13.4. The van der Waals surface area contributed by atoms with Gasteiger partial charge in [-0.3, -0.25) is 24.6 Å². The number of aromatic nitrogens is 2. The summed E-state index contributed by atoms with van der Waals surface area (Å²) in [4.78, 5) is 50.8. The number of likely N-dealkylation sites (N-methyl/N-ethyl adjacent to an activating group) is 1. The lowest BCUT2D eigenvalue weighted by Crippen LogP contribution is -2.51. The van der Waals surface area contributed by atoms with Crippen LogP contribution in [0.5, 0.6) is 0 Å². The van der Waals surface area contributed by atoms with E-state index in [4.69, 9.17) is 0 Å². The molecule has 0 radical (unpaired) electrons. The SMILES string of the molecule is CN1CCN(c2nccc(NC(=O)C3CCNN3C(=O)C(CC3CCCC3)CN(O)C=O)n2)CC1. The van der Waals surface area contributed by atoms with Crippen LogP contribution in [0.4, 0.5) is 11.8 Å². The Balaban J connectivity index is 1.41. The van der Waals surface area contributed by atoms with Gasteiger partial charge in [-0.1, -0.05) is 25.7 Å². The fraction of sp³-hybridized carbons (Fsp3) is 0.696. The zero-order valence-corrected chi connectivity index (χ0v) is 20.3. The molecule has 4 rings (SSSR count). The van der Waals surface area contributed by atoms with Crippen molar-refractivity contribution in [3.63, 3.8) is 0 Å². The molecule has 0 bridgehead atoms. The Kier molecular flexibility index (Phi) is 8.47. The number of piperazine rings is 1. The van der Waals surface area contributed by atoms with Crippen molar-refractivity contribution in [1.82, 2.24) is 30.4 Å². The minimum Gasteiger partial charge on any atom is -0.338 e. The molecule has 2 aliphatic heterocycles. The summed E-state index contributed by atoms with van der Waals surface area (Å²) in [6.07, 6.45) is 7.31. The lowest BCUT2D eigenvalue weighted by Gasteiger charge is -2.32. The van der Waals surface area contributed by atoms with Crippen molar-refractivity contribution in [2.75, 3.05) is 56.5 Å². The minimum atomic E-state index is -0.709. The van der Waals surface area contributed by atoms with E-state index >= 15 is 0 Å². The van der Waals surface area contributed by atoms with Crippen LogP contribution in [0.3, 0.4) is 0 Å². The predicted molar refractivity (Wildman–Crippen MR) is 128 cm³/mol. The molecular formula is C23H36N8O4. The van der Waals surface area contributed by atoms with Crippen LogP contribution in [-0.4, -0.2) is 101 Å². The van der Waals surface area contributed by atoms with Crippen molar-refractivity contribution in [2.24, 2.45) is 11.8 Å². The first-order valence-corrected chi connectivity index (χ1v) is 12.5. The number of carbonyl (C=O) groups is 3. The number of carbonyl (C=O) groups excluding carboxylic acids is 3. The number of hydroxylamine groups is 2. The number of rotatable bonds is 9. The molecule has 2 atom stereocenters. The summed E-state index contributed by atoms with van der Waals surface area (Å²) in [6.45, 7) is 3.85. The molecule has 3 fully saturated rings. The Morgan fingerprint density at radius 1 is 1.26 bits per heavy atom. The van der Waals surface area contributed by atoms with Gasteiger partial charge in [0.05, 0.1) is 12.5 Å². The smallest absolute Gasteiger partial charge is 0.250 e. The summed E-state index contributed by atoms with van der Waals surface area (Å²) in [5, 5.41) is 14.5. The Hall–Kier alpha value is -2.83. The highest BCUT2D eigenvalue weighted by molar-refractivity contribution is 5.97. The predicted octanol–water partition coefficient (Wildman–Crippen LogP) is 0.317. The van der Waals surface area contributed by atoms with Crippen molar-refractivity contribution in [1.29, 1.82) is 0 Å². The molecule has 0 aromatic carbocycles. The second kappa shape index (κ2) is 11.7. The molecule has 1 aromatic rings. The van der Waals surface area contributed by atoms with E-state index in [0.29, 0.717) is 48.5 Å². The van der Waals surface area contributed by atoms with E-state index in [2.05, 4.69) is 37.6 Å². The van der Waals surface area contributed by atoms with Gasteiger partial charge in [0, 0.05) is 38.9 Å². The first kappa shape index (κ1) is 25.3. The van der Waals surface area contributed by atoms with Gasteiger partial charge in [0.1, 0.15) is 11.9 Å². The van der Waals surface area contributed by atoms with Crippen molar-refractivity contribution in [2.45, 2.75) is 44.6 Å². The molecule has 35 heavy (non-hydrogen) atoms. The van der Waals surface area contributed by atoms with Gasteiger partial charge in [0.2, 0.25) is 24.2 Å². The number of anilines is 2. The topological polar surface area (TPSA) is 134 Å². The molecule has 1 aromatic heterocycles. The third-order valence-electron chi connectivity index (χ3n) is 7.20. The highest BCUT2D eigenvalue weighted by Gasteiger charge is 2.39. The van der Waals surface area contributed by atoms with Gasteiger partial charge < -0.3 is 15.1 Å². The van der Waals surface area contributed by atoms with Crippen LogP contribution in [0.2, 0.25) is 0 Å². The second-order valence-electron chi connectivity index (χ2n) is 9.75. The van der Waals surface area contributed by atoms with E-state index in [9.17, 15) is 19.6 Å². The zero-order chi connectivity index (χ0) is 24.8. The van der Waals surface area contributed by atoms with Crippen LogP contribution < -0.4 is 15.6 Å².